The molecule has 0 radical (unpaired) electrons. The van der Waals surface area contributed by atoms with Crippen LogP contribution in [0, 0.1) is 6.92 Å². The van der Waals surface area contributed by atoms with E-state index < -0.39 is 0 Å². The van der Waals surface area contributed by atoms with Crippen LogP contribution in [0.1, 0.15) is 19.4 Å². The molecule has 0 aromatic carbocycles. The largest absolute Gasteiger partial charge is 0.241 e. The van der Waals surface area contributed by atoms with Gasteiger partial charge in [-0.05, 0) is 30.7 Å². The maximum Gasteiger partial charge on any atom is 0.0664 e. The molecule has 0 aliphatic heterocycles. The second kappa shape index (κ2) is 3.90. The number of aromatic nitrogens is 2. The van der Waals surface area contributed by atoms with Gasteiger partial charge < -0.3 is 0 Å². The SMILES string of the molecule is CC.Cc1ccn2nccc2c1. The summed E-state index contributed by atoms with van der Waals surface area (Å²) in [5.74, 6) is 0. The van der Waals surface area contributed by atoms with Crippen molar-refractivity contribution in [1.82, 2.24) is 9.61 Å². The van der Waals surface area contributed by atoms with Crippen molar-refractivity contribution in [3.05, 3.63) is 36.2 Å². The molecule has 0 spiro atoms. The van der Waals surface area contributed by atoms with Gasteiger partial charge in [0.25, 0.3) is 0 Å². The van der Waals surface area contributed by atoms with Crippen molar-refractivity contribution in [2.75, 3.05) is 0 Å². The first-order valence-electron chi connectivity index (χ1n) is 4.26. The second-order valence-electron chi connectivity index (χ2n) is 2.40. The molecule has 0 bridgehead atoms. The van der Waals surface area contributed by atoms with E-state index in [0.717, 1.165) is 5.52 Å². The maximum atomic E-state index is 4.08. The number of pyridine rings is 1. The highest BCUT2D eigenvalue weighted by atomic mass is 15.2. The Morgan fingerprint density at radius 2 is 2.00 bits per heavy atom. The number of hydrogen-bond donors (Lipinski definition) is 0. The topological polar surface area (TPSA) is 17.3 Å². The quantitative estimate of drug-likeness (QED) is 0.582. The van der Waals surface area contributed by atoms with Crippen LogP contribution in [-0.4, -0.2) is 9.61 Å². The lowest BCUT2D eigenvalue weighted by Gasteiger charge is -1.92. The summed E-state index contributed by atoms with van der Waals surface area (Å²) in [5.41, 5.74) is 2.42. The number of rotatable bonds is 0. The molecule has 0 unspecified atom stereocenters. The van der Waals surface area contributed by atoms with Gasteiger partial charge in [0, 0.05) is 12.4 Å². The van der Waals surface area contributed by atoms with Gasteiger partial charge in [0.15, 0.2) is 0 Å². The minimum Gasteiger partial charge on any atom is -0.241 e. The molecule has 0 fully saturated rings. The summed E-state index contributed by atoms with van der Waals surface area (Å²) in [6.07, 6.45) is 3.76. The van der Waals surface area contributed by atoms with E-state index in [9.17, 15) is 0 Å². The molecule has 0 saturated heterocycles. The van der Waals surface area contributed by atoms with Crippen LogP contribution in [-0.2, 0) is 0 Å². The fraction of sp³-hybridized carbons (Fsp3) is 0.300. The summed E-state index contributed by atoms with van der Waals surface area (Å²) < 4.78 is 1.85. The first-order valence-corrected chi connectivity index (χ1v) is 4.26. The summed E-state index contributed by atoms with van der Waals surface area (Å²) in [6, 6.07) is 6.14. The highest BCUT2D eigenvalue weighted by molar-refractivity contribution is 5.46. The third-order valence-electron chi connectivity index (χ3n) is 1.56. The zero-order valence-electron chi connectivity index (χ0n) is 7.78. The van der Waals surface area contributed by atoms with Crippen LogP contribution in [0.2, 0.25) is 0 Å². The van der Waals surface area contributed by atoms with Gasteiger partial charge in [-0.2, -0.15) is 5.10 Å². The molecule has 0 amide bonds. The van der Waals surface area contributed by atoms with Crippen molar-refractivity contribution >= 4 is 5.52 Å². The number of hydrogen-bond acceptors (Lipinski definition) is 1. The highest BCUT2D eigenvalue weighted by Gasteiger charge is 1.90. The zero-order valence-corrected chi connectivity index (χ0v) is 7.78. The van der Waals surface area contributed by atoms with Crippen LogP contribution >= 0.6 is 0 Å². The van der Waals surface area contributed by atoms with Crippen LogP contribution in [0.25, 0.3) is 5.52 Å². The van der Waals surface area contributed by atoms with E-state index in [4.69, 9.17) is 0 Å². The van der Waals surface area contributed by atoms with E-state index in [0.29, 0.717) is 0 Å². The fourth-order valence-corrected chi connectivity index (χ4v) is 1.03. The van der Waals surface area contributed by atoms with E-state index in [2.05, 4.69) is 18.1 Å². The summed E-state index contributed by atoms with van der Waals surface area (Å²) in [5, 5.41) is 4.08. The number of aryl methyl sites for hydroxylation is 1. The average Bonchev–Trinajstić information content (AvgIpc) is 2.54. The number of fused-ring (bicyclic) bond motifs is 1. The smallest absolute Gasteiger partial charge is 0.0664 e. The summed E-state index contributed by atoms with van der Waals surface area (Å²) in [4.78, 5) is 0. The molecule has 2 nitrogen and oxygen atoms in total. The van der Waals surface area contributed by atoms with Crippen molar-refractivity contribution in [1.29, 1.82) is 0 Å². The Bertz CT molecular complexity index is 349. The van der Waals surface area contributed by atoms with E-state index >= 15 is 0 Å². The van der Waals surface area contributed by atoms with Crippen LogP contribution in [0.15, 0.2) is 30.6 Å². The van der Waals surface area contributed by atoms with Crippen molar-refractivity contribution in [2.45, 2.75) is 20.8 Å². The predicted octanol–water partition coefficient (Wildman–Crippen LogP) is 2.67. The van der Waals surface area contributed by atoms with Gasteiger partial charge in [0.2, 0.25) is 0 Å². The Hall–Kier alpha value is -1.31. The Labute approximate surface area is 72.8 Å². The van der Waals surface area contributed by atoms with Gasteiger partial charge in [-0.1, -0.05) is 13.8 Å². The molecule has 2 rings (SSSR count). The van der Waals surface area contributed by atoms with E-state index in [1.165, 1.54) is 5.56 Å². The molecule has 64 valence electrons. The molecular weight excluding hydrogens is 148 g/mol. The Morgan fingerprint density at radius 3 is 2.75 bits per heavy atom. The standard InChI is InChI=1S/C8H8N2.C2H6/c1-7-3-5-10-8(6-7)2-4-9-10;1-2/h2-6H,1H3;1-2H3. The first kappa shape index (κ1) is 8.78. The minimum atomic E-state index is 1.15. The molecule has 0 aliphatic carbocycles. The molecule has 0 N–H and O–H groups in total. The zero-order chi connectivity index (χ0) is 8.97. The van der Waals surface area contributed by atoms with Crippen molar-refractivity contribution in [3.63, 3.8) is 0 Å². The third-order valence-corrected chi connectivity index (χ3v) is 1.56. The average molecular weight is 162 g/mol. The Balaban J connectivity index is 0.000000336. The molecule has 0 atom stereocenters. The van der Waals surface area contributed by atoms with Crippen molar-refractivity contribution in [2.24, 2.45) is 0 Å². The number of nitrogens with zero attached hydrogens (tertiary/aromatic N) is 2. The molecule has 2 aromatic heterocycles. The van der Waals surface area contributed by atoms with Gasteiger partial charge >= 0.3 is 0 Å². The van der Waals surface area contributed by atoms with E-state index in [1.807, 2.05) is 36.7 Å². The summed E-state index contributed by atoms with van der Waals surface area (Å²) in [7, 11) is 0. The van der Waals surface area contributed by atoms with Gasteiger partial charge in [-0.25, -0.2) is 4.52 Å². The van der Waals surface area contributed by atoms with Gasteiger partial charge in [-0.15, -0.1) is 0 Å². The molecule has 2 aromatic rings. The maximum absolute atomic E-state index is 4.08. The van der Waals surface area contributed by atoms with E-state index in [-0.39, 0.29) is 0 Å². The normalized spacial score (nSPS) is 9.25. The van der Waals surface area contributed by atoms with Gasteiger partial charge in [0.1, 0.15) is 0 Å². The predicted molar refractivity (Wildman–Crippen MR) is 51.3 cm³/mol. The molecule has 0 aliphatic rings. The Morgan fingerprint density at radius 1 is 1.25 bits per heavy atom. The second-order valence-corrected chi connectivity index (χ2v) is 2.40. The van der Waals surface area contributed by atoms with E-state index in [1.54, 1.807) is 6.20 Å². The van der Waals surface area contributed by atoms with Crippen LogP contribution < -0.4 is 0 Å². The lowest BCUT2D eigenvalue weighted by molar-refractivity contribution is 0.958. The van der Waals surface area contributed by atoms with Crippen LogP contribution in [0.4, 0.5) is 0 Å². The summed E-state index contributed by atoms with van der Waals surface area (Å²) in [6.45, 7) is 6.08. The van der Waals surface area contributed by atoms with Crippen LogP contribution in [0.3, 0.4) is 0 Å². The molecule has 2 heteroatoms. The van der Waals surface area contributed by atoms with Gasteiger partial charge in [0.05, 0.1) is 5.52 Å². The fourth-order valence-electron chi connectivity index (χ4n) is 1.03. The molecule has 0 saturated carbocycles. The Kier molecular flexibility index (Phi) is 2.86. The third kappa shape index (κ3) is 1.64. The van der Waals surface area contributed by atoms with Crippen molar-refractivity contribution < 1.29 is 0 Å². The van der Waals surface area contributed by atoms with Gasteiger partial charge in [-0.3, -0.25) is 0 Å². The monoisotopic (exact) mass is 162 g/mol. The lowest BCUT2D eigenvalue weighted by atomic mass is 10.3. The summed E-state index contributed by atoms with van der Waals surface area (Å²) >= 11 is 0. The molecule has 2 heterocycles. The lowest BCUT2D eigenvalue weighted by Crippen LogP contribution is -1.84. The minimum absolute atomic E-state index is 1.15. The van der Waals surface area contributed by atoms with Crippen LogP contribution in [0.5, 0.6) is 0 Å². The van der Waals surface area contributed by atoms with Crippen molar-refractivity contribution in [3.8, 4) is 0 Å². The molecular formula is C10H14N2. The first-order chi connectivity index (χ1) is 5.86. The highest BCUT2D eigenvalue weighted by Crippen LogP contribution is 2.03. The molecule has 12 heavy (non-hydrogen) atoms.